The van der Waals surface area contributed by atoms with Crippen molar-refractivity contribution in [3.8, 4) is 16.6 Å². The topological polar surface area (TPSA) is 107 Å². The highest BCUT2D eigenvalue weighted by Crippen LogP contribution is 2.27. The van der Waals surface area contributed by atoms with Crippen LogP contribution in [0.25, 0.3) is 16.6 Å². The van der Waals surface area contributed by atoms with Gasteiger partial charge in [0.1, 0.15) is 11.5 Å². The molecule has 0 spiro atoms. The molecule has 3 heterocycles. The van der Waals surface area contributed by atoms with Crippen LogP contribution in [0.3, 0.4) is 0 Å². The first kappa shape index (κ1) is 19.1. The molecular formula is C19H16N4O4S2. The minimum Gasteiger partial charge on any atom is -0.463 e. The molecule has 0 atom stereocenters. The number of benzene rings is 1. The summed E-state index contributed by atoms with van der Waals surface area (Å²) in [5.41, 5.74) is 1.71. The molecule has 0 aliphatic carbocycles. The van der Waals surface area contributed by atoms with Gasteiger partial charge < -0.3 is 4.42 Å². The smallest absolute Gasteiger partial charge is 0.263 e. The second-order valence-electron chi connectivity index (χ2n) is 6.26. The molecule has 0 bridgehead atoms. The first-order valence-corrected chi connectivity index (χ1v) is 10.9. The first-order chi connectivity index (χ1) is 13.8. The molecule has 0 amide bonds. The molecule has 8 nitrogen and oxygen atoms in total. The zero-order valence-electron chi connectivity index (χ0n) is 15.5. The van der Waals surface area contributed by atoms with E-state index in [4.69, 9.17) is 4.42 Å². The summed E-state index contributed by atoms with van der Waals surface area (Å²) in [6.07, 6.45) is 1.56. The fourth-order valence-corrected chi connectivity index (χ4v) is 4.49. The number of nitrogens with zero attached hydrogens (tertiary/aromatic N) is 3. The number of rotatable bonds is 6. The van der Waals surface area contributed by atoms with E-state index in [2.05, 4.69) is 14.8 Å². The van der Waals surface area contributed by atoms with Crippen molar-refractivity contribution in [2.45, 2.75) is 18.7 Å². The van der Waals surface area contributed by atoms with Crippen molar-refractivity contribution >= 4 is 33.0 Å². The number of nitrogens with one attached hydrogen (secondary N) is 1. The second kappa shape index (κ2) is 7.30. The van der Waals surface area contributed by atoms with E-state index in [1.807, 2.05) is 5.38 Å². The average molecular weight is 428 g/mol. The molecule has 0 fully saturated rings. The summed E-state index contributed by atoms with van der Waals surface area (Å²) in [6, 6.07) is 10.9. The van der Waals surface area contributed by atoms with Crippen molar-refractivity contribution in [3.05, 3.63) is 65.4 Å². The van der Waals surface area contributed by atoms with Crippen LogP contribution in [0.5, 0.6) is 0 Å². The number of furan rings is 1. The van der Waals surface area contributed by atoms with Crippen LogP contribution in [0.4, 0.5) is 5.82 Å². The molecular weight excluding hydrogens is 412 g/mol. The Balaban J connectivity index is 1.65. The number of aromatic nitrogens is 3. The molecule has 1 N–H and O–H groups in total. The predicted octanol–water partition coefficient (Wildman–Crippen LogP) is 3.90. The van der Waals surface area contributed by atoms with Gasteiger partial charge in [0.25, 0.3) is 10.0 Å². The van der Waals surface area contributed by atoms with Gasteiger partial charge in [-0.15, -0.1) is 11.3 Å². The molecule has 29 heavy (non-hydrogen) atoms. The highest BCUT2D eigenvalue weighted by molar-refractivity contribution is 7.92. The SMILES string of the molecule is CC(=O)c1ccc(S(=O)(=O)Nc2cc(C)nn2-c2nc(-c3ccco3)cs2)cc1. The number of thiazole rings is 1. The van der Waals surface area contributed by atoms with E-state index >= 15 is 0 Å². The van der Waals surface area contributed by atoms with Crippen LogP contribution in [0.2, 0.25) is 0 Å². The molecule has 0 radical (unpaired) electrons. The summed E-state index contributed by atoms with van der Waals surface area (Å²) in [7, 11) is -3.87. The lowest BCUT2D eigenvalue weighted by atomic mass is 10.2. The Morgan fingerprint density at radius 1 is 1.21 bits per heavy atom. The van der Waals surface area contributed by atoms with Gasteiger partial charge in [0.05, 0.1) is 16.9 Å². The van der Waals surface area contributed by atoms with E-state index in [0.29, 0.717) is 27.8 Å². The van der Waals surface area contributed by atoms with Crippen molar-refractivity contribution < 1.29 is 17.6 Å². The van der Waals surface area contributed by atoms with Gasteiger partial charge in [0, 0.05) is 17.0 Å². The van der Waals surface area contributed by atoms with Crippen molar-refractivity contribution in [2.24, 2.45) is 0 Å². The van der Waals surface area contributed by atoms with Gasteiger partial charge >= 0.3 is 0 Å². The number of hydrogen-bond donors (Lipinski definition) is 1. The highest BCUT2D eigenvalue weighted by atomic mass is 32.2. The second-order valence-corrected chi connectivity index (χ2v) is 8.78. The van der Waals surface area contributed by atoms with Crippen molar-refractivity contribution in [1.29, 1.82) is 0 Å². The number of carbonyl (C=O) groups is 1. The van der Waals surface area contributed by atoms with Crippen LogP contribution in [0.1, 0.15) is 23.0 Å². The van der Waals surface area contributed by atoms with E-state index < -0.39 is 10.0 Å². The highest BCUT2D eigenvalue weighted by Gasteiger charge is 2.20. The number of sulfonamides is 1. The summed E-state index contributed by atoms with van der Waals surface area (Å²) in [5, 5.41) is 6.66. The Kier molecular flexibility index (Phi) is 4.81. The average Bonchev–Trinajstić information content (AvgIpc) is 3.41. The number of anilines is 1. The van der Waals surface area contributed by atoms with Gasteiger partial charge in [-0.3, -0.25) is 9.52 Å². The van der Waals surface area contributed by atoms with Gasteiger partial charge in [-0.05, 0) is 38.1 Å². The van der Waals surface area contributed by atoms with Crippen LogP contribution in [-0.4, -0.2) is 29.0 Å². The number of aryl methyl sites for hydroxylation is 1. The number of hydrogen-bond acceptors (Lipinski definition) is 7. The zero-order valence-corrected chi connectivity index (χ0v) is 17.1. The number of carbonyl (C=O) groups excluding carboxylic acids is 1. The van der Waals surface area contributed by atoms with Gasteiger partial charge in [0.2, 0.25) is 5.13 Å². The Morgan fingerprint density at radius 2 is 1.97 bits per heavy atom. The Labute approximate surface area is 170 Å². The third-order valence-electron chi connectivity index (χ3n) is 4.09. The molecule has 0 unspecified atom stereocenters. The van der Waals surface area contributed by atoms with E-state index in [9.17, 15) is 13.2 Å². The molecule has 10 heteroatoms. The molecule has 4 rings (SSSR count). The van der Waals surface area contributed by atoms with Crippen molar-refractivity contribution in [3.63, 3.8) is 0 Å². The Morgan fingerprint density at radius 3 is 2.62 bits per heavy atom. The maximum absolute atomic E-state index is 12.8. The van der Waals surface area contributed by atoms with E-state index in [1.165, 1.54) is 47.2 Å². The minimum atomic E-state index is -3.87. The summed E-state index contributed by atoms with van der Waals surface area (Å²) in [6.45, 7) is 3.19. The lowest BCUT2D eigenvalue weighted by Crippen LogP contribution is -2.16. The van der Waals surface area contributed by atoms with Crippen LogP contribution in [0.15, 0.2) is 63.4 Å². The molecule has 3 aromatic heterocycles. The summed E-state index contributed by atoms with van der Waals surface area (Å²) in [5.74, 6) is 0.745. The maximum Gasteiger partial charge on any atom is 0.263 e. The lowest BCUT2D eigenvalue weighted by Gasteiger charge is -2.09. The van der Waals surface area contributed by atoms with E-state index in [1.54, 1.807) is 31.4 Å². The normalized spacial score (nSPS) is 11.5. The van der Waals surface area contributed by atoms with Gasteiger partial charge in [-0.1, -0.05) is 12.1 Å². The predicted molar refractivity (Wildman–Crippen MR) is 109 cm³/mol. The molecule has 148 valence electrons. The van der Waals surface area contributed by atoms with E-state index in [0.717, 1.165) is 0 Å². The van der Waals surface area contributed by atoms with Gasteiger partial charge in [0.15, 0.2) is 11.5 Å². The quantitative estimate of drug-likeness (QED) is 0.467. The number of ketones is 1. The maximum atomic E-state index is 12.8. The third kappa shape index (κ3) is 3.84. The molecule has 0 saturated carbocycles. The Bertz CT molecular complexity index is 1270. The van der Waals surface area contributed by atoms with Gasteiger partial charge in [-0.25, -0.2) is 13.4 Å². The van der Waals surface area contributed by atoms with E-state index in [-0.39, 0.29) is 16.5 Å². The van der Waals surface area contributed by atoms with Crippen LogP contribution < -0.4 is 4.72 Å². The molecule has 0 saturated heterocycles. The van der Waals surface area contributed by atoms with Crippen LogP contribution >= 0.6 is 11.3 Å². The van der Waals surface area contributed by atoms with Crippen LogP contribution in [-0.2, 0) is 10.0 Å². The van der Waals surface area contributed by atoms with Crippen molar-refractivity contribution in [2.75, 3.05) is 4.72 Å². The fraction of sp³-hybridized carbons (Fsp3) is 0.105. The summed E-state index contributed by atoms with van der Waals surface area (Å²) >= 11 is 1.31. The zero-order chi connectivity index (χ0) is 20.6. The Hall–Kier alpha value is -3.24. The third-order valence-corrected chi connectivity index (χ3v) is 6.28. The summed E-state index contributed by atoms with van der Waals surface area (Å²) in [4.78, 5) is 15.9. The minimum absolute atomic E-state index is 0.0447. The lowest BCUT2D eigenvalue weighted by molar-refractivity contribution is 0.101. The largest absolute Gasteiger partial charge is 0.463 e. The van der Waals surface area contributed by atoms with Gasteiger partial charge in [-0.2, -0.15) is 9.78 Å². The van der Waals surface area contributed by atoms with Crippen LogP contribution in [0, 0.1) is 6.92 Å². The van der Waals surface area contributed by atoms with Crippen molar-refractivity contribution in [1.82, 2.24) is 14.8 Å². The standard InChI is InChI=1S/C19H16N4O4S2/c1-12-10-18(22-29(25,26)15-7-5-14(6-8-15)13(2)24)23(21-12)19-20-16(11-28-19)17-4-3-9-27-17/h3-11,22H,1-2H3. The molecule has 0 aliphatic rings. The molecule has 4 aromatic rings. The molecule has 1 aromatic carbocycles. The number of Topliss-reactive ketones (excluding diaryl/α,β-unsaturated/α-hetero) is 1. The summed E-state index contributed by atoms with van der Waals surface area (Å²) < 4.78 is 34.9. The fourth-order valence-electron chi connectivity index (χ4n) is 2.68. The molecule has 0 aliphatic heterocycles. The first-order valence-electron chi connectivity index (χ1n) is 8.54. The monoisotopic (exact) mass is 428 g/mol.